The summed E-state index contributed by atoms with van der Waals surface area (Å²) in [6, 6.07) is 11.7. The van der Waals surface area contributed by atoms with Gasteiger partial charge in [0, 0.05) is 5.02 Å². The van der Waals surface area contributed by atoms with Crippen molar-refractivity contribution < 1.29 is 9.53 Å². The van der Waals surface area contributed by atoms with E-state index < -0.39 is 0 Å². The van der Waals surface area contributed by atoms with Gasteiger partial charge in [0.2, 0.25) is 0 Å². The van der Waals surface area contributed by atoms with Crippen LogP contribution in [0.2, 0.25) is 5.02 Å². The monoisotopic (exact) mass is 276 g/mol. The van der Waals surface area contributed by atoms with Crippen LogP contribution in [0.5, 0.6) is 0 Å². The lowest BCUT2D eigenvalue weighted by Crippen LogP contribution is -2.08. The summed E-state index contributed by atoms with van der Waals surface area (Å²) < 4.78 is 5.16. The first-order chi connectivity index (χ1) is 9.19. The molecule has 0 unspecified atom stereocenters. The third-order valence-electron chi connectivity index (χ3n) is 2.98. The van der Waals surface area contributed by atoms with Crippen molar-refractivity contribution in [3.05, 3.63) is 47.0 Å². The molecular weight excluding hydrogens is 260 g/mol. The second kappa shape index (κ2) is 6.58. The Hall–Kier alpha value is -1.54. The molecule has 0 saturated carbocycles. The molecule has 0 amide bonds. The number of unbranched alkanes of at least 4 members (excludes halogenated alkanes) is 1. The fourth-order valence-electron chi connectivity index (χ4n) is 1.92. The molecule has 0 spiro atoms. The number of carbonyl (C=O) groups excluding carboxylic acids is 1. The predicted molar refractivity (Wildman–Crippen MR) is 78.5 cm³/mol. The Kier molecular flexibility index (Phi) is 4.80. The summed E-state index contributed by atoms with van der Waals surface area (Å²) in [6.45, 7) is 2.58. The highest BCUT2D eigenvalue weighted by Crippen LogP contribution is 2.20. The quantitative estimate of drug-likeness (QED) is 0.598. The van der Waals surface area contributed by atoms with Gasteiger partial charge < -0.3 is 4.74 Å². The van der Waals surface area contributed by atoms with Crippen LogP contribution in [-0.4, -0.2) is 12.6 Å². The van der Waals surface area contributed by atoms with Crippen molar-refractivity contribution in [1.29, 1.82) is 0 Å². The Morgan fingerprint density at radius 3 is 2.68 bits per heavy atom. The first-order valence-corrected chi connectivity index (χ1v) is 6.90. The van der Waals surface area contributed by atoms with E-state index in [1.165, 1.54) is 0 Å². The molecule has 2 rings (SSSR count). The molecule has 0 heterocycles. The van der Waals surface area contributed by atoms with Crippen molar-refractivity contribution in [2.45, 2.75) is 26.2 Å². The average Bonchev–Trinajstić information content (AvgIpc) is 2.39. The molecule has 3 heteroatoms. The Labute approximate surface area is 118 Å². The zero-order valence-electron chi connectivity index (χ0n) is 11.0. The van der Waals surface area contributed by atoms with Crippen LogP contribution in [-0.2, 0) is 16.0 Å². The van der Waals surface area contributed by atoms with E-state index in [-0.39, 0.29) is 5.97 Å². The Bertz CT molecular complexity index is 578. The van der Waals surface area contributed by atoms with E-state index in [1.807, 2.05) is 36.4 Å². The van der Waals surface area contributed by atoms with E-state index in [9.17, 15) is 4.79 Å². The normalized spacial score (nSPS) is 10.6. The number of hydrogen-bond acceptors (Lipinski definition) is 2. The second-order valence-electron chi connectivity index (χ2n) is 4.58. The number of benzene rings is 2. The maximum Gasteiger partial charge on any atom is 0.310 e. The highest BCUT2D eigenvalue weighted by Gasteiger charge is 2.05. The van der Waals surface area contributed by atoms with Crippen molar-refractivity contribution in [3.63, 3.8) is 0 Å². The van der Waals surface area contributed by atoms with Crippen LogP contribution >= 0.6 is 11.6 Å². The summed E-state index contributed by atoms with van der Waals surface area (Å²) in [6.07, 6.45) is 2.27. The van der Waals surface area contributed by atoms with Crippen LogP contribution in [0, 0.1) is 0 Å². The third-order valence-corrected chi connectivity index (χ3v) is 3.21. The molecule has 19 heavy (non-hydrogen) atoms. The molecule has 100 valence electrons. The van der Waals surface area contributed by atoms with Crippen molar-refractivity contribution in [3.8, 4) is 0 Å². The van der Waals surface area contributed by atoms with Gasteiger partial charge >= 0.3 is 5.97 Å². The minimum atomic E-state index is -0.165. The van der Waals surface area contributed by atoms with Gasteiger partial charge in [0.05, 0.1) is 13.0 Å². The van der Waals surface area contributed by atoms with Crippen LogP contribution in [0.1, 0.15) is 25.3 Å². The van der Waals surface area contributed by atoms with Crippen LogP contribution in [0.25, 0.3) is 10.8 Å². The summed E-state index contributed by atoms with van der Waals surface area (Å²) in [5.74, 6) is -0.165. The lowest BCUT2D eigenvalue weighted by Gasteiger charge is -2.05. The maximum atomic E-state index is 11.6. The molecule has 0 aliphatic carbocycles. The van der Waals surface area contributed by atoms with Gasteiger partial charge in [0.25, 0.3) is 0 Å². The van der Waals surface area contributed by atoms with Crippen molar-refractivity contribution in [2.75, 3.05) is 6.61 Å². The molecule has 2 aromatic rings. The van der Waals surface area contributed by atoms with E-state index in [0.717, 1.165) is 34.2 Å². The van der Waals surface area contributed by atoms with Gasteiger partial charge in [-0.05, 0) is 34.9 Å². The summed E-state index contributed by atoms with van der Waals surface area (Å²) in [5, 5.41) is 2.89. The Balaban J connectivity index is 2.05. The lowest BCUT2D eigenvalue weighted by molar-refractivity contribution is -0.142. The fourth-order valence-corrected chi connectivity index (χ4v) is 2.10. The first-order valence-electron chi connectivity index (χ1n) is 6.53. The lowest BCUT2D eigenvalue weighted by atomic mass is 10.1. The highest BCUT2D eigenvalue weighted by atomic mass is 35.5. The highest BCUT2D eigenvalue weighted by molar-refractivity contribution is 6.31. The van der Waals surface area contributed by atoms with Crippen molar-refractivity contribution >= 4 is 28.3 Å². The smallest absolute Gasteiger partial charge is 0.310 e. The van der Waals surface area contributed by atoms with Gasteiger partial charge in [-0.2, -0.15) is 0 Å². The molecule has 0 fully saturated rings. The van der Waals surface area contributed by atoms with E-state index in [4.69, 9.17) is 16.3 Å². The molecule has 0 aliphatic heterocycles. The number of esters is 1. The summed E-state index contributed by atoms with van der Waals surface area (Å²) >= 11 is 5.94. The third kappa shape index (κ3) is 3.97. The number of fused-ring (bicyclic) bond motifs is 1. The number of carbonyl (C=O) groups is 1. The van der Waals surface area contributed by atoms with Crippen LogP contribution in [0.3, 0.4) is 0 Å². The maximum absolute atomic E-state index is 11.6. The Morgan fingerprint density at radius 1 is 1.16 bits per heavy atom. The molecular formula is C16H17ClO2. The van der Waals surface area contributed by atoms with Gasteiger partial charge in [-0.15, -0.1) is 0 Å². The average molecular weight is 277 g/mol. The zero-order valence-corrected chi connectivity index (χ0v) is 11.7. The molecule has 2 nitrogen and oxygen atoms in total. The SMILES string of the molecule is CCCCOC(=O)Cc1ccc2cc(Cl)ccc2c1. The minimum Gasteiger partial charge on any atom is -0.465 e. The molecule has 0 atom stereocenters. The molecule has 0 radical (unpaired) electrons. The van der Waals surface area contributed by atoms with Gasteiger partial charge in [-0.1, -0.05) is 49.2 Å². The molecule has 0 bridgehead atoms. The second-order valence-corrected chi connectivity index (χ2v) is 5.01. The number of rotatable bonds is 5. The van der Waals surface area contributed by atoms with Crippen LogP contribution in [0.4, 0.5) is 0 Å². The van der Waals surface area contributed by atoms with Gasteiger partial charge in [0.15, 0.2) is 0 Å². The largest absolute Gasteiger partial charge is 0.465 e. The number of hydrogen-bond donors (Lipinski definition) is 0. The van der Waals surface area contributed by atoms with E-state index in [2.05, 4.69) is 6.92 Å². The predicted octanol–water partition coefficient (Wildman–Crippen LogP) is 4.38. The number of ether oxygens (including phenoxy) is 1. The van der Waals surface area contributed by atoms with Gasteiger partial charge in [0.1, 0.15) is 0 Å². The standard InChI is InChI=1S/C16H17ClO2/c1-2-3-8-19-16(18)10-12-4-5-14-11-15(17)7-6-13(14)9-12/h4-7,9,11H,2-3,8,10H2,1H3. The topological polar surface area (TPSA) is 26.3 Å². The summed E-state index contributed by atoms with van der Waals surface area (Å²) in [5.41, 5.74) is 0.969. The molecule has 0 aliphatic rings. The summed E-state index contributed by atoms with van der Waals surface area (Å²) in [4.78, 5) is 11.6. The van der Waals surface area contributed by atoms with E-state index >= 15 is 0 Å². The minimum absolute atomic E-state index is 0.165. The fraction of sp³-hybridized carbons (Fsp3) is 0.312. The van der Waals surface area contributed by atoms with Crippen LogP contribution < -0.4 is 0 Å². The van der Waals surface area contributed by atoms with E-state index in [0.29, 0.717) is 13.0 Å². The van der Waals surface area contributed by atoms with Gasteiger partial charge in [-0.3, -0.25) is 4.79 Å². The van der Waals surface area contributed by atoms with Crippen molar-refractivity contribution in [1.82, 2.24) is 0 Å². The molecule has 0 N–H and O–H groups in total. The molecule has 0 aromatic heterocycles. The summed E-state index contributed by atoms with van der Waals surface area (Å²) in [7, 11) is 0. The van der Waals surface area contributed by atoms with Gasteiger partial charge in [-0.25, -0.2) is 0 Å². The first kappa shape index (κ1) is 13.9. The van der Waals surface area contributed by atoms with Crippen LogP contribution in [0.15, 0.2) is 36.4 Å². The van der Waals surface area contributed by atoms with Crippen molar-refractivity contribution in [2.24, 2.45) is 0 Å². The van der Waals surface area contributed by atoms with E-state index in [1.54, 1.807) is 0 Å². The zero-order chi connectivity index (χ0) is 13.7. The molecule has 2 aromatic carbocycles. The Morgan fingerprint density at radius 2 is 1.89 bits per heavy atom. The number of halogens is 1. The molecule has 0 saturated heterocycles.